The fourth-order valence-corrected chi connectivity index (χ4v) is 5.79. The van der Waals surface area contributed by atoms with Gasteiger partial charge in [-0.1, -0.05) is 18.2 Å². The number of fused-ring (bicyclic) bond motifs is 2. The second kappa shape index (κ2) is 10.8. The summed E-state index contributed by atoms with van der Waals surface area (Å²) in [6, 6.07) is 9.55. The van der Waals surface area contributed by atoms with Gasteiger partial charge in [-0.3, -0.25) is 14.4 Å². The van der Waals surface area contributed by atoms with Crippen LogP contribution in [0.4, 0.5) is 5.82 Å². The van der Waals surface area contributed by atoms with Crippen molar-refractivity contribution in [2.45, 2.75) is 70.1 Å². The number of nitrogens with one attached hydrogen (secondary N) is 1. The van der Waals surface area contributed by atoms with Gasteiger partial charge in [-0.2, -0.15) is 5.10 Å². The number of carboxylic acid groups (broad SMARTS) is 1. The molecule has 2 N–H and O–H groups in total. The summed E-state index contributed by atoms with van der Waals surface area (Å²) in [6.07, 6.45) is 10.8. The van der Waals surface area contributed by atoms with Crippen molar-refractivity contribution < 1.29 is 14.6 Å². The van der Waals surface area contributed by atoms with Gasteiger partial charge < -0.3 is 15.2 Å². The third-order valence-corrected chi connectivity index (χ3v) is 7.98. The lowest BCUT2D eigenvalue weighted by Crippen LogP contribution is -2.33. The number of pyridine rings is 1. The highest BCUT2D eigenvalue weighted by Gasteiger charge is 2.35. The van der Waals surface area contributed by atoms with Crippen LogP contribution in [0.5, 0.6) is 0 Å². The zero-order chi connectivity index (χ0) is 25.2. The van der Waals surface area contributed by atoms with Crippen molar-refractivity contribution >= 4 is 22.7 Å². The van der Waals surface area contributed by atoms with Crippen molar-refractivity contribution in [2.75, 3.05) is 31.6 Å². The van der Waals surface area contributed by atoms with Crippen molar-refractivity contribution in [3.8, 4) is 0 Å². The SMILES string of the molecule is O=C(O)C(c1cccc2nn(CC3CC3)cc12)N1CC[C@@H](OCCCCc2ccc3c(n2)NCCC3)C1. The molecule has 1 saturated carbocycles. The molecule has 3 aliphatic rings. The number of benzene rings is 1. The summed E-state index contributed by atoms with van der Waals surface area (Å²) in [5.74, 6) is 0.968. The Hall–Kier alpha value is -2.97. The van der Waals surface area contributed by atoms with Gasteiger partial charge in [-0.05, 0) is 80.5 Å². The van der Waals surface area contributed by atoms with Gasteiger partial charge in [0.15, 0.2) is 0 Å². The van der Waals surface area contributed by atoms with Gasteiger partial charge in [0, 0.05) is 50.1 Å². The zero-order valence-electron chi connectivity index (χ0n) is 21.4. The number of anilines is 1. The van der Waals surface area contributed by atoms with Crippen LogP contribution in [0.1, 0.15) is 61.4 Å². The number of aryl methyl sites for hydroxylation is 2. The maximum absolute atomic E-state index is 12.4. The normalized spacial score (nSPS) is 20.6. The molecule has 8 nitrogen and oxygen atoms in total. The number of likely N-dealkylation sites (tertiary alicyclic amines) is 1. The minimum atomic E-state index is -0.810. The van der Waals surface area contributed by atoms with Crippen molar-refractivity contribution in [2.24, 2.45) is 5.92 Å². The number of carboxylic acids is 1. The molecule has 0 radical (unpaired) electrons. The average molecular weight is 504 g/mol. The van der Waals surface area contributed by atoms with Gasteiger partial charge in [0.1, 0.15) is 11.9 Å². The van der Waals surface area contributed by atoms with Gasteiger partial charge in [0.05, 0.1) is 11.6 Å². The summed E-state index contributed by atoms with van der Waals surface area (Å²) in [4.78, 5) is 19.3. The number of carbonyl (C=O) groups is 1. The fraction of sp³-hybridized carbons (Fsp3) is 0.552. The summed E-state index contributed by atoms with van der Waals surface area (Å²) in [7, 11) is 0. The van der Waals surface area contributed by atoms with E-state index in [1.165, 1.54) is 24.8 Å². The third-order valence-electron chi connectivity index (χ3n) is 7.98. The lowest BCUT2D eigenvalue weighted by Gasteiger charge is -2.25. The zero-order valence-corrected chi connectivity index (χ0v) is 21.4. The average Bonchev–Trinajstić information content (AvgIpc) is 3.42. The first-order valence-electron chi connectivity index (χ1n) is 13.9. The number of hydrogen-bond donors (Lipinski definition) is 2. The maximum atomic E-state index is 12.4. The topological polar surface area (TPSA) is 92.5 Å². The number of ether oxygens (including phenoxy) is 1. The molecule has 8 heteroatoms. The lowest BCUT2D eigenvalue weighted by molar-refractivity contribution is -0.143. The van der Waals surface area contributed by atoms with Crippen LogP contribution in [-0.4, -0.2) is 63.1 Å². The predicted molar refractivity (Wildman–Crippen MR) is 143 cm³/mol. The summed E-state index contributed by atoms with van der Waals surface area (Å²) in [5, 5.41) is 19.3. The largest absolute Gasteiger partial charge is 0.480 e. The minimum Gasteiger partial charge on any atom is -0.480 e. The molecule has 4 heterocycles. The van der Waals surface area contributed by atoms with Crippen LogP contribution < -0.4 is 5.32 Å². The van der Waals surface area contributed by atoms with E-state index in [0.29, 0.717) is 13.2 Å². The maximum Gasteiger partial charge on any atom is 0.325 e. The predicted octanol–water partition coefficient (Wildman–Crippen LogP) is 4.44. The van der Waals surface area contributed by atoms with E-state index in [1.54, 1.807) is 0 Å². The summed E-state index contributed by atoms with van der Waals surface area (Å²) >= 11 is 0. The molecule has 2 aliphatic heterocycles. The van der Waals surface area contributed by atoms with Crippen LogP contribution in [0.25, 0.3) is 10.9 Å². The van der Waals surface area contributed by atoms with Gasteiger partial charge in [-0.25, -0.2) is 4.98 Å². The highest BCUT2D eigenvalue weighted by atomic mass is 16.5. The van der Waals surface area contributed by atoms with Gasteiger partial charge in [-0.15, -0.1) is 0 Å². The Bertz CT molecular complexity index is 1250. The lowest BCUT2D eigenvalue weighted by atomic mass is 10.0. The van der Waals surface area contributed by atoms with Crippen LogP contribution in [-0.2, 0) is 28.9 Å². The van der Waals surface area contributed by atoms with Crippen molar-refractivity contribution in [3.63, 3.8) is 0 Å². The van der Waals surface area contributed by atoms with Gasteiger partial charge in [0.2, 0.25) is 0 Å². The fourth-order valence-electron chi connectivity index (χ4n) is 5.79. The molecule has 2 fully saturated rings. The number of nitrogens with zero attached hydrogens (tertiary/aromatic N) is 4. The molecule has 1 unspecified atom stereocenters. The third kappa shape index (κ3) is 5.65. The van der Waals surface area contributed by atoms with Crippen molar-refractivity contribution in [1.29, 1.82) is 0 Å². The number of unbranched alkanes of at least 4 members (excludes halogenated alkanes) is 1. The standard InChI is InChI=1S/C29H37N5O3/c35-29(36)27(24-7-3-8-26-25(24)19-34(32-26)17-20-9-10-20)33-15-13-23(18-33)37-16-2-1-6-22-12-11-21-5-4-14-30-28(21)31-22/h3,7-8,11-12,19-20,23,27H,1-2,4-6,9-10,13-18H2,(H,30,31)(H,35,36)/t23-,27?/m1/s1. The summed E-state index contributed by atoms with van der Waals surface area (Å²) in [6.45, 7) is 3.99. The smallest absolute Gasteiger partial charge is 0.325 e. The highest BCUT2D eigenvalue weighted by Crippen LogP contribution is 2.34. The highest BCUT2D eigenvalue weighted by molar-refractivity contribution is 5.88. The molecule has 1 saturated heterocycles. The first kappa shape index (κ1) is 24.4. The first-order chi connectivity index (χ1) is 18.1. The van der Waals surface area contributed by atoms with Crippen LogP contribution in [0.2, 0.25) is 0 Å². The molecule has 6 rings (SSSR count). The Labute approximate surface area is 218 Å². The van der Waals surface area contributed by atoms with Gasteiger partial charge >= 0.3 is 5.97 Å². The van der Waals surface area contributed by atoms with Crippen LogP contribution in [0.15, 0.2) is 36.5 Å². The molecule has 196 valence electrons. The Morgan fingerprint density at radius 1 is 1.19 bits per heavy atom. The minimum absolute atomic E-state index is 0.0738. The Balaban J connectivity index is 1.01. The Kier molecular flexibility index (Phi) is 7.11. The van der Waals surface area contributed by atoms with E-state index in [0.717, 1.165) is 85.6 Å². The molecule has 1 aliphatic carbocycles. The molecule has 0 bridgehead atoms. The molecule has 0 amide bonds. The number of aliphatic carboxylic acids is 1. The van der Waals surface area contributed by atoms with Crippen LogP contribution >= 0.6 is 0 Å². The molecular formula is C29H37N5O3. The molecule has 1 aromatic carbocycles. The van der Waals surface area contributed by atoms with Gasteiger partial charge in [0.25, 0.3) is 0 Å². The number of aromatic nitrogens is 3. The van der Waals surface area contributed by atoms with Crippen LogP contribution in [0.3, 0.4) is 0 Å². The first-order valence-corrected chi connectivity index (χ1v) is 13.9. The molecule has 2 aromatic heterocycles. The molecule has 0 spiro atoms. The van der Waals surface area contributed by atoms with E-state index < -0.39 is 12.0 Å². The number of rotatable bonds is 11. The molecule has 2 atom stereocenters. The Morgan fingerprint density at radius 2 is 2.11 bits per heavy atom. The Morgan fingerprint density at radius 3 is 2.97 bits per heavy atom. The summed E-state index contributed by atoms with van der Waals surface area (Å²) < 4.78 is 8.18. The molecule has 37 heavy (non-hydrogen) atoms. The monoisotopic (exact) mass is 503 g/mol. The number of hydrogen-bond acceptors (Lipinski definition) is 6. The van der Waals surface area contributed by atoms with E-state index in [-0.39, 0.29) is 6.10 Å². The van der Waals surface area contributed by atoms with E-state index in [9.17, 15) is 9.90 Å². The molecule has 3 aromatic rings. The van der Waals surface area contributed by atoms with E-state index >= 15 is 0 Å². The van der Waals surface area contributed by atoms with Crippen molar-refractivity contribution in [3.05, 3.63) is 53.3 Å². The van der Waals surface area contributed by atoms with E-state index in [1.807, 2.05) is 29.1 Å². The van der Waals surface area contributed by atoms with Crippen LogP contribution in [0, 0.1) is 5.92 Å². The summed E-state index contributed by atoms with van der Waals surface area (Å²) in [5.41, 5.74) is 4.17. The second-order valence-corrected chi connectivity index (χ2v) is 10.9. The van der Waals surface area contributed by atoms with E-state index in [4.69, 9.17) is 14.8 Å². The quantitative estimate of drug-likeness (QED) is 0.374. The second-order valence-electron chi connectivity index (χ2n) is 10.9. The molecular weight excluding hydrogens is 466 g/mol. The van der Waals surface area contributed by atoms with E-state index in [2.05, 4.69) is 22.3 Å². The van der Waals surface area contributed by atoms with Crippen molar-refractivity contribution in [1.82, 2.24) is 19.7 Å².